The number of hydrogen-bond donors (Lipinski definition) is 2. The molecule has 11 heteroatoms. The van der Waals surface area contributed by atoms with Crippen LogP contribution in [0.15, 0.2) is 47.3 Å². The van der Waals surface area contributed by atoms with Crippen molar-refractivity contribution in [1.82, 2.24) is 14.8 Å². The number of aliphatic hydroxyl groups excluding tert-OH is 1. The van der Waals surface area contributed by atoms with Crippen LogP contribution in [0.5, 0.6) is 0 Å². The number of halogens is 4. The van der Waals surface area contributed by atoms with Crippen LogP contribution in [0, 0.1) is 17.7 Å². The van der Waals surface area contributed by atoms with Crippen molar-refractivity contribution < 1.29 is 32.3 Å². The monoisotopic (exact) mass is 453 g/mol. The lowest BCUT2D eigenvalue weighted by Gasteiger charge is -2.31. The second kappa shape index (κ2) is 8.05. The van der Waals surface area contributed by atoms with Gasteiger partial charge < -0.3 is 19.9 Å². The molecule has 4 rings (SSSR count). The highest BCUT2D eigenvalue weighted by Gasteiger charge is 2.57. The smallest absolute Gasteiger partial charge is 0.396 e. The molecule has 0 aliphatic carbocycles. The van der Waals surface area contributed by atoms with Crippen LogP contribution in [0.2, 0.25) is 0 Å². The Morgan fingerprint density at radius 2 is 1.84 bits per heavy atom. The average Bonchev–Trinajstić information content (AvgIpc) is 3.27. The van der Waals surface area contributed by atoms with E-state index in [0.717, 1.165) is 11.0 Å². The molecule has 0 radical (unpaired) electrons. The van der Waals surface area contributed by atoms with E-state index in [1.807, 2.05) is 0 Å². The van der Waals surface area contributed by atoms with Crippen molar-refractivity contribution in [3.63, 3.8) is 0 Å². The molecule has 32 heavy (non-hydrogen) atoms. The summed E-state index contributed by atoms with van der Waals surface area (Å²) in [5.41, 5.74) is -0.350. The van der Waals surface area contributed by atoms with Gasteiger partial charge in [0.1, 0.15) is 18.4 Å². The molecule has 0 unspecified atom stereocenters. The lowest BCUT2D eigenvalue weighted by atomic mass is 9.88. The molecular formula is C21H19F4N3O4. The van der Waals surface area contributed by atoms with Crippen molar-refractivity contribution in [3.05, 3.63) is 69.9 Å². The Bertz CT molecular complexity index is 1120. The summed E-state index contributed by atoms with van der Waals surface area (Å²) in [6, 6.07) is 7.02. The highest BCUT2D eigenvalue weighted by atomic mass is 19.4. The molecule has 2 aliphatic heterocycles. The topological polar surface area (TPSA) is 91.6 Å². The third-order valence-corrected chi connectivity index (χ3v) is 6.02. The van der Waals surface area contributed by atoms with E-state index in [4.69, 9.17) is 0 Å². The first-order chi connectivity index (χ1) is 15.1. The largest absolute Gasteiger partial charge is 0.405 e. The van der Waals surface area contributed by atoms with Crippen LogP contribution < -0.4 is 10.9 Å². The molecule has 4 atom stereocenters. The van der Waals surface area contributed by atoms with E-state index < -0.39 is 60.9 Å². The number of rotatable bonds is 4. The van der Waals surface area contributed by atoms with Gasteiger partial charge in [0, 0.05) is 36.7 Å². The Kier molecular flexibility index (Phi) is 5.53. The van der Waals surface area contributed by atoms with Gasteiger partial charge in [-0.2, -0.15) is 13.2 Å². The second-order valence-corrected chi connectivity index (χ2v) is 7.82. The van der Waals surface area contributed by atoms with Gasteiger partial charge in [-0.1, -0.05) is 18.2 Å². The van der Waals surface area contributed by atoms with Crippen molar-refractivity contribution in [2.75, 3.05) is 13.2 Å². The fourth-order valence-corrected chi connectivity index (χ4v) is 4.73. The Morgan fingerprint density at radius 3 is 2.50 bits per heavy atom. The number of hydrogen-bond acceptors (Lipinski definition) is 4. The maximum atomic E-state index is 14.4. The van der Waals surface area contributed by atoms with Crippen molar-refractivity contribution in [3.8, 4) is 0 Å². The molecule has 2 N–H and O–H groups in total. The van der Waals surface area contributed by atoms with Crippen molar-refractivity contribution in [2.24, 2.45) is 11.8 Å². The van der Waals surface area contributed by atoms with Gasteiger partial charge in [0.15, 0.2) is 0 Å². The van der Waals surface area contributed by atoms with Gasteiger partial charge in [-0.25, -0.2) is 4.39 Å². The van der Waals surface area contributed by atoms with Gasteiger partial charge in [-0.3, -0.25) is 14.4 Å². The van der Waals surface area contributed by atoms with E-state index in [0.29, 0.717) is 5.69 Å². The number of carbonyl (C=O) groups excluding carboxylic acids is 2. The molecule has 7 nitrogen and oxygen atoms in total. The van der Waals surface area contributed by atoms with Crippen LogP contribution in [0.4, 0.5) is 17.6 Å². The van der Waals surface area contributed by atoms with Crippen molar-refractivity contribution in [1.29, 1.82) is 0 Å². The summed E-state index contributed by atoms with van der Waals surface area (Å²) < 4.78 is 53.9. The molecule has 2 amide bonds. The molecule has 3 heterocycles. The van der Waals surface area contributed by atoms with Gasteiger partial charge in [0.25, 0.3) is 11.5 Å². The van der Waals surface area contributed by atoms with Crippen molar-refractivity contribution in [2.45, 2.75) is 24.8 Å². The van der Waals surface area contributed by atoms with E-state index >= 15 is 0 Å². The van der Waals surface area contributed by atoms with E-state index in [9.17, 15) is 37.1 Å². The number of aromatic nitrogens is 1. The Labute approximate surface area is 179 Å². The lowest BCUT2D eigenvalue weighted by molar-refractivity contribution is -0.141. The van der Waals surface area contributed by atoms with E-state index in [-0.39, 0.29) is 17.7 Å². The summed E-state index contributed by atoms with van der Waals surface area (Å²) in [5, 5.41) is 11.8. The molecule has 2 aromatic rings. The van der Waals surface area contributed by atoms with Gasteiger partial charge >= 0.3 is 6.18 Å². The summed E-state index contributed by atoms with van der Waals surface area (Å²) in [6.45, 7) is -2.17. The van der Waals surface area contributed by atoms with Crippen LogP contribution in [-0.2, 0) is 11.3 Å². The molecule has 170 valence electrons. The Hall–Kier alpha value is -3.21. The van der Waals surface area contributed by atoms with Crippen LogP contribution >= 0.6 is 0 Å². The number of nitrogens with zero attached hydrogens (tertiary/aromatic N) is 2. The molecule has 1 saturated heterocycles. The maximum absolute atomic E-state index is 14.4. The van der Waals surface area contributed by atoms with Gasteiger partial charge in [0.2, 0.25) is 5.91 Å². The Balaban J connectivity index is 1.81. The summed E-state index contributed by atoms with van der Waals surface area (Å²) in [5.74, 6) is -4.45. The average molecular weight is 453 g/mol. The lowest BCUT2D eigenvalue weighted by Crippen LogP contribution is -2.52. The number of nitrogens with one attached hydrogen (secondary N) is 1. The first-order valence-electron chi connectivity index (χ1n) is 9.86. The number of benzene rings is 1. The quantitative estimate of drug-likeness (QED) is 0.686. The number of fused-ring (bicyclic) bond motifs is 3. The highest BCUT2D eigenvalue weighted by Crippen LogP contribution is 2.49. The molecule has 1 fully saturated rings. The summed E-state index contributed by atoms with van der Waals surface area (Å²) >= 11 is 0. The first-order valence-corrected chi connectivity index (χ1v) is 9.86. The molecule has 1 aromatic heterocycles. The SMILES string of the molecule is O=C(NCC(F)(F)F)[C@H]1[C@H](CO)[C@H]2Cn3c(cccc3=O)[C@H]2N1C(=O)c1ccccc1F. The number of carbonyl (C=O) groups is 2. The third-order valence-electron chi connectivity index (χ3n) is 6.02. The number of alkyl halides is 3. The number of pyridine rings is 1. The van der Waals surface area contributed by atoms with Gasteiger partial charge in [0.05, 0.1) is 11.6 Å². The van der Waals surface area contributed by atoms with Crippen molar-refractivity contribution >= 4 is 11.8 Å². The first kappa shape index (κ1) is 22.0. The number of aliphatic hydroxyl groups is 1. The van der Waals surface area contributed by atoms with E-state index in [2.05, 4.69) is 0 Å². The van der Waals surface area contributed by atoms with E-state index in [1.54, 1.807) is 11.4 Å². The third kappa shape index (κ3) is 3.66. The molecular weight excluding hydrogens is 434 g/mol. The van der Waals surface area contributed by atoms with Gasteiger partial charge in [-0.15, -0.1) is 0 Å². The van der Waals surface area contributed by atoms with Gasteiger partial charge in [-0.05, 0) is 18.2 Å². The normalized spacial score (nSPS) is 24.2. The zero-order chi connectivity index (χ0) is 23.2. The summed E-state index contributed by atoms with van der Waals surface area (Å²) in [7, 11) is 0. The molecule has 2 aliphatic rings. The predicted octanol–water partition coefficient (Wildman–Crippen LogP) is 1.47. The number of amides is 2. The van der Waals surface area contributed by atoms with Crippen LogP contribution in [0.3, 0.4) is 0 Å². The molecule has 0 bridgehead atoms. The van der Waals surface area contributed by atoms with Crippen LogP contribution in [0.25, 0.3) is 0 Å². The summed E-state index contributed by atoms with van der Waals surface area (Å²) in [6.07, 6.45) is -4.68. The van der Waals surface area contributed by atoms with Crippen LogP contribution in [-0.4, -0.2) is 51.8 Å². The minimum absolute atomic E-state index is 0.0645. The maximum Gasteiger partial charge on any atom is 0.405 e. The second-order valence-electron chi connectivity index (χ2n) is 7.82. The van der Waals surface area contributed by atoms with Crippen LogP contribution in [0.1, 0.15) is 22.1 Å². The predicted molar refractivity (Wildman–Crippen MR) is 103 cm³/mol. The Morgan fingerprint density at radius 1 is 1.12 bits per heavy atom. The zero-order valence-corrected chi connectivity index (χ0v) is 16.6. The molecule has 1 aromatic carbocycles. The standard InChI is InChI=1S/C21H19F4N3O4/c22-14-5-2-1-4-11(14)20(32)28-17-12(8-27-15(17)6-3-7-16(27)30)13(9-29)18(28)19(31)26-10-21(23,24)25/h1-7,12-13,17-18,29H,8-10H2,(H,26,31)/t12-,13-,17+,18-/m1/s1. The summed E-state index contributed by atoms with van der Waals surface area (Å²) in [4.78, 5) is 39.5. The molecule has 0 spiro atoms. The number of likely N-dealkylation sites (tertiary alicyclic amines) is 1. The fraction of sp³-hybridized carbons (Fsp3) is 0.381. The zero-order valence-electron chi connectivity index (χ0n) is 16.6. The highest BCUT2D eigenvalue weighted by molar-refractivity contribution is 5.98. The van der Waals surface area contributed by atoms with E-state index in [1.165, 1.54) is 34.9 Å². The minimum atomic E-state index is -4.68. The fourth-order valence-electron chi connectivity index (χ4n) is 4.73. The molecule has 0 saturated carbocycles. The minimum Gasteiger partial charge on any atom is -0.396 e.